The molecule has 0 aliphatic heterocycles. The van der Waals surface area contributed by atoms with E-state index in [0.717, 1.165) is 16.8 Å². The van der Waals surface area contributed by atoms with Crippen molar-refractivity contribution in [3.8, 4) is 0 Å². The Labute approximate surface area is 147 Å². The van der Waals surface area contributed by atoms with Crippen LogP contribution in [0.15, 0.2) is 79.3 Å². The normalized spacial score (nSPS) is 12.8. The number of nitrogens with one attached hydrogen (secondary N) is 2. The fourth-order valence-electron chi connectivity index (χ4n) is 2.64. The van der Waals surface area contributed by atoms with E-state index in [2.05, 4.69) is 20.6 Å². The van der Waals surface area contributed by atoms with Gasteiger partial charge in [0.05, 0.1) is 17.8 Å². The number of nitrogens with zero attached hydrogens (tertiary/aromatic N) is 2. The molecule has 0 radical (unpaired) electrons. The van der Waals surface area contributed by atoms with Gasteiger partial charge in [0.2, 0.25) is 0 Å². The summed E-state index contributed by atoms with van der Waals surface area (Å²) in [5, 5.41) is 5.98. The van der Waals surface area contributed by atoms with E-state index in [0.29, 0.717) is 0 Å². The third-order valence-corrected chi connectivity index (χ3v) is 3.93. The minimum Gasteiger partial charge on any atom is -0.330 e. The summed E-state index contributed by atoms with van der Waals surface area (Å²) < 4.78 is 0. The van der Waals surface area contributed by atoms with Crippen LogP contribution in [0.5, 0.6) is 0 Å². The van der Waals surface area contributed by atoms with Crippen molar-refractivity contribution in [2.75, 3.05) is 0 Å². The molecule has 25 heavy (non-hydrogen) atoms. The first-order chi connectivity index (χ1) is 12.2. The Morgan fingerprint density at radius 1 is 0.840 bits per heavy atom. The summed E-state index contributed by atoms with van der Waals surface area (Å²) in [5.74, 6) is 0. The second-order valence-corrected chi connectivity index (χ2v) is 5.72. The van der Waals surface area contributed by atoms with Crippen LogP contribution in [0.25, 0.3) is 0 Å². The Bertz CT molecular complexity index is 754. The van der Waals surface area contributed by atoms with Crippen molar-refractivity contribution in [3.05, 3.63) is 96.1 Å². The van der Waals surface area contributed by atoms with Gasteiger partial charge in [0.1, 0.15) is 0 Å². The number of carbonyl (C=O) groups excluding carboxylic acids is 1. The molecule has 0 unspecified atom stereocenters. The lowest BCUT2D eigenvalue weighted by molar-refractivity contribution is 0.235. The monoisotopic (exact) mass is 332 g/mol. The molecule has 0 saturated carbocycles. The van der Waals surface area contributed by atoms with Crippen LogP contribution in [0.1, 0.15) is 35.8 Å². The van der Waals surface area contributed by atoms with Gasteiger partial charge in [-0.2, -0.15) is 0 Å². The second-order valence-electron chi connectivity index (χ2n) is 5.72. The van der Waals surface area contributed by atoms with Gasteiger partial charge < -0.3 is 10.6 Å². The summed E-state index contributed by atoms with van der Waals surface area (Å²) in [6, 6.07) is 18.6. The molecule has 0 aliphatic rings. The molecule has 5 heteroatoms. The van der Waals surface area contributed by atoms with Gasteiger partial charge in [0, 0.05) is 18.6 Å². The highest BCUT2D eigenvalue weighted by Gasteiger charge is 2.18. The van der Waals surface area contributed by atoms with Crippen LogP contribution in [-0.2, 0) is 0 Å². The van der Waals surface area contributed by atoms with Crippen LogP contribution < -0.4 is 10.6 Å². The molecule has 2 N–H and O–H groups in total. The number of rotatable bonds is 5. The van der Waals surface area contributed by atoms with E-state index in [1.165, 1.54) is 0 Å². The smallest absolute Gasteiger partial charge is 0.316 e. The average Bonchev–Trinajstić information content (AvgIpc) is 2.68. The van der Waals surface area contributed by atoms with Gasteiger partial charge in [-0.1, -0.05) is 36.4 Å². The van der Waals surface area contributed by atoms with Gasteiger partial charge in [0.25, 0.3) is 0 Å². The molecule has 126 valence electrons. The molecule has 3 rings (SSSR count). The molecule has 0 fully saturated rings. The number of amides is 2. The molecule has 0 saturated heterocycles. The summed E-state index contributed by atoms with van der Waals surface area (Å²) in [5.41, 5.74) is 2.80. The molecule has 0 aliphatic carbocycles. The number of hydrogen-bond donors (Lipinski definition) is 2. The van der Waals surface area contributed by atoms with Crippen molar-refractivity contribution in [1.29, 1.82) is 0 Å². The number of aromatic nitrogens is 2. The van der Waals surface area contributed by atoms with Crippen molar-refractivity contribution in [3.63, 3.8) is 0 Å². The van der Waals surface area contributed by atoms with Gasteiger partial charge in [0.15, 0.2) is 0 Å². The van der Waals surface area contributed by atoms with Gasteiger partial charge >= 0.3 is 6.03 Å². The molecule has 2 aromatic heterocycles. The van der Waals surface area contributed by atoms with Crippen molar-refractivity contribution in [2.24, 2.45) is 0 Å². The number of hydrogen-bond acceptors (Lipinski definition) is 3. The van der Waals surface area contributed by atoms with E-state index in [9.17, 15) is 4.79 Å². The lowest BCUT2D eigenvalue weighted by Crippen LogP contribution is -2.39. The van der Waals surface area contributed by atoms with E-state index in [1.54, 1.807) is 18.6 Å². The Morgan fingerprint density at radius 3 is 2.20 bits per heavy atom. The highest BCUT2D eigenvalue weighted by molar-refractivity contribution is 5.75. The number of urea groups is 1. The van der Waals surface area contributed by atoms with Crippen LogP contribution in [0, 0.1) is 0 Å². The van der Waals surface area contributed by atoms with Crippen LogP contribution in [0.2, 0.25) is 0 Å². The Balaban J connectivity index is 1.75. The zero-order valence-electron chi connectivity index (χ0n) is 14.0. The Morgan fingerprint density at radius 2 is 1.52 bits per heavy atom. The fourth-order valence-corrected chi connectivity index (χ4v) is 2.64. The molecule has 5 nitrogen and oxygen atoms in total. The van der Waals surface area contributed by atoms with E-state index in [1.807, 2.05) is 67.6 Å². The molecular formula is C20H20N4O. The number of pyridine rings is 2. The lowest BCUT2D eigenvalue weighted by atomic mass is 10.00. The zero-order valence-corrected chi connectivity index (χ0v) is 14.0. The number of benzene rings is 1. The largest absolute Gasteiger partial charge is 0.330 e. The van der Waals surface area contributed by atoms with Crippen LogP contribution in [0.3, 0.4) is 0 Å². The maximum atomic E-state index is 12.5. The summed E-state index contributed by atoms with van der Waals surface area (Å²) in [7, 11) is 0. The topological polar surface area (TPSA) is 66.9 Å². The first-order valence-corrected chi connectivity index (χ1v) is 8.17. The van der Waals surface area contributed by atoms with Crippen LogP contribution in [-0.4, -0.2) is 16.0 Å². The molecule has 2 heterocycles. The van der Waals surface area contributed by atoms with E-state index >= 15 is 0 Å². The third-order valence-electron chi connectivity index (χ3n) is 3.93. The van der Waals surface area contributed by atoms with E-state index < -0.39 is 0 Å². The lowest BCUT2D eigenvalue weighted by Gasteiger charge is -2.21. The summed E-state index contributed by atoms with van der Waals surface area (Å²) >= 11 is 0. The minimum atomic E-state index is -0.250. The first-order valence-electron chi connectivity index (χ1n) is 8.17. The second kappa shape index (κ2) is 8.06. The summed E-state index contributed by atoms with van der Waals surface area (Å²) in [4.78, 5) is 20.8. The molecule has 1 aromatic carbocycles. The molecular weight excluding hydrogens is 312 g/mol. The maximum Gasteiger partial charge on any atom is 0.316 e. The van der Waals surface area contributed by atoms with Crippen molar-refractivity contribution in [1.82, 2.24) is 20.6 Å². The van der Waals surface area contributed by atoms with Gasteiger partial charge in [-0.15, -0.1) is 0 Å². The molecule has 3 aromatic rings. The standard InChI is InChI=1S/C20H20N4O/c1-15(18-9-5-6-12-22-18)23-20(25)24-19(16-7-3-2-4-8-16)17-10-13-21-14-11-17/h2-15,19H,1H3,(H2,23,24,25)/t15-,19+/m1/s1. The summed E-state index contributed by atoms with van der Waals surface area (Å²) in [6.45, 7) is 1.91. The van der Waals surface area contributed by atoms with Gasteiger partial charge in [-0.3, -0.25) is 9.97 Å². The quantitative estimate of drug-likeness (QED) is 0.750. The highest BCUT2D eigenvalue weighted by atomic mass is 16.2. The molecule has 0 bridgehead atoms. The van der Waals surface area contributed by atoms with Crippen molar-refractivity contribution >= 4 is 6.03 Å². The maximum absolute atomic E-state index is 12.5. The van der Waals surface area contributed by atoms with E-state index in [-0.39, 0.29) is 18.1 Å². The molecule has 2 amide bonds. The Kier molecular flexibility index (Phi) is 5.36. The van der Waals surface area contributed by atoms with E-state index in [4.69, 9.17) is 0 Å². The van der Waals surface area contributed by atoms with Crippen LogP contribution in [0.4, 0.5) is 4.79 Å². The SMILES string of the molecule is C[C@@H](NC(=O)N[C@@H](c1ccccc1)c1ccncc1)c1ccccn1. The number of carbonyl (C=O) groups is 1. The average molecular weight is 332 g/mol. The first kappa shape index (κ1) is 16.6. The predicted molar refractivity (Wildman–Crippen MR) is 96.8 cm³/mol. The van der Waals surface area contributed by atoms with Crippen LogP contribution >= 0.6 is 0 Å². The molecule has 2 atom stereocenters. The third kappa shape index (κ3) is 4.41. The minimum absolute atomic E-state index is 0.185. The fraction of sp³-hybridized carbons (Fsp3) is 0.150. The van der Waals surface area contributed by atoms with Gasteiger partial charge in [-0.05, 0) is 42.3 Å². The highest BCUT2D eigenvalue weighted by Crippen LogP contribution is 2.21. The van der Waals surface area contributed by atoms with Gasteiger partial charge in [-0.25, -0.2) is 4.79 Å². The zero-order chi connectivity index (χ0) is 17.5. The molecule has 0 spiro atoms. The van der Waals surface area contributed by atoms with Crippen molar-refractivity contribution < 1.29 is 4.79 Å². The Hall–Kier alpha value is -3.21. The predicted octanol–water partition coefficient (Wildman–Crippen LogP) is 3.63. The van der Waals surface area contributed by atoms with Crippen molar-refractivity contribution in [2.45, 2.75) is 19.0 Å². The summed E-state index contributed by atoms with van der Waals surface area (Å²) in [6.07, 6.45) is 5.16.